The Morgan fingerprint density at radius 1 is 1.39 bits per heavy atom. The summed E-state index contributed by atoms with van der Waals surface area (Å²) < 4.78 is 0. The number of likely N-dealkylation sites (tertiary alicyclic amines) is 1. The van der Waals surface area contributed by atoms with Crippen LogP contribution in [0.15, 0.2) is 0 Å². The third kappa shape index (κ3) is 3.05. The van der Waals surface area contributed by atoms with E-state index in [2.05, 4.69) is 17.9 Å². The Hall–Kier alpha value is -0.590. The van der Waals surface area contributed by atoms with Gasteiger partial charge in [-0.25, -0.2) is 0 Å². The van der Waals surface area contributed by atoms with Crippen LogP contribution in [0.1, 0.15) is 51.9 Å². The molecule has 0 bridgehead atoms. The molecule has 102 valence electrons. The minimum absolute atomic E-state index is 0.421. The maximum absolute atomic E-state index is 9.22. The first-order chi connectivity index (χ1) is 8.68. The summed E-state index contributed by atoms with van der Waals surface area (Å²) in [5, 5.41) is 9.22. The van der Waals surface area contributed by atoms with Crippen LogP contribution in [0, 0.1) is 23.2 Å². The standard InChI is InChI=1S/C15H27N3/c1-2-13-5-4-9-18(11-13)10-7-14-6-3-8-15(14,17)12-16/h13-14H,2-11,17H2,1H3. The van der Waals surface area contributed by atoms with E-state index in [1.54, 1.807) is 0 Å². The van der Waals surface area contributed by atoms with Crippen molar-refractivity contribution in [2.75, 3.05) is 19.6 Å². The lowest BCUT2D eigenvalue weighted by Crippen LogP contribution is -2.44. The average Bonchev–Trinajstić information content (AvgIpc) is 2.79. The minimum atomic E-state index is -0.528. The number of piperidine rings is 1. The van der Waals surface area contributed by atoms with Crippen LogP contribution in [-0.2, 0) is 0 Å². The second-order valence-electron chi connectivity index (χ2n) is 6.25. The second-order valence-corrected chi connectivity index (χ2v) is 6.25. The molecular weight excluding hydrogens is 222 g/mol. The van der Waals surface area contributed by atoms with Crippen molar-refractivity contribution in [1.82, 2.24) is 4.90 Å². The Labute approximate surface area is 111 Å². The van der Waals surface area contributed by atoms with E-state index < -0.39 is 5.54 Å². The predicted octanol–water partition coefficient (Wildman–Crippen LogP) is 2.52. The molecule has 0 amide bonds. The van der Waals surface area contributed by atoms with Crippen LogP contribution in [0.25, 0.3) is 0 Å². The highest BCUT2D eigenvalue weighted by molar-refractivity contribution is 5.11. The molecule has 0 aromatic carbocycles. The Balaban J connectivity index is 1.79. The highest BCUT2D eigenvalue weighted by Gasteiger charge is 2.39. The molecule has 3 unspecified atom stereocenters. The van der Waals surface area contributed by atoms with E-state index in [4.69, 9.17) is 5.73 Å². The van der Waals surface area contributed by atoms with Gasteiger partial charge in [0.1, 0.15) is 5.54 Å². The first-order valence-electron chi connectivity index (χ1n) is 7.60. The van der Waals surface area contributed by atoms with E-state index in [1.807, 2.05) is 0 Å². The van der Waals surface area contributed by atoms with Crippen LogP contribution in [0.3, 0.4) is 0 Å². The summed E-state index contributed by atoms with van der Waals surface area (Å²) in [5.41, 5.74) is 5.66. The molecule has 1 saturated heterocycles. The summed E-state index contributed by atoms with van der Waals surface area (Å²) >= 11 is 0. The van der Waals surface area contributed by atoms with E-state index in [1.165, 1.54) is 32.4 Å². The monoisotopic (exact) mass is 249 g/mol. The van der Waals surface area contributed by atoms with E-state index >= 15 is 0 Å². The Kier molecular flexibility index (Phi) is 4.64. The summed E-state index contributed by atoms with van der Waals surface area (Å²) in [6.45, 7) is 5.94. The number of nitrogens with two attached hydrogens (primary N) is 1. The van der Waals surface area contributed by atoms with Gasteiger partial charge < -0.3 is 10.6 Å². The zero-order valence-corrected chi connectivity index (χ0v) is 11.7. The van der Waals surface area contributed by atoms with Crippen LogP contribution in [-0.4, -0.2) is 30.1 Å². The third-order valence-electron chi connectivity index (χ3n) is 5.05. The van der Waals surface area contributed by atoms with Gasteiger partial charge in [-0.15, -0.1) is 0 Å². The smallest absolute Gasteiger partial charge is 0.107 e. The van der Waals surface area contributed by atoms with Crippen molar-refractivity contribution in [3.8, 4) is 6.07 Å². The van der Waals surface area contributed by atoms with Gasteiger partial charge >= 0.3 is 0 Å². The quantitative estimate of drug-likeness (QED) is 0.833. The number of hydrogen-bond donors (Lipinski definition) is 1. The molecule has 1 heterocycles. The van der Waals surface area contributed by atoms with Gasteiger partial charge in [-0.05, 0) is 57.0 Å². The van der Waals surface area contributed by atoms with Gasteiger partial charge in [0.15, 0.2) is 0 Å². The zero-order chi connectivity index (χ0) is 13.0. The van der Waals surface area contributed by atoms with Gasteiger partial charge in [0.25, 0.3) is 0 Å². The van der Waals surface area contributed by atoms with Gasteiger partial charge in [-0.3, -0.25) is 0 Å². The topological polar surface area (TPSA) is 53.0 Å². The molecule has 3 heteroatoms. The Morgan fingerprint density at radius 3 is 2.94 bits per heavy atom. The van der Waals surface area contributed by atoms with Crippen molar-refractivity contribution in [2.45, 2.75) is 57.4 Å². The maximum Gasteiger partial charge on any atom is 0.107 e. The highest BCUT2D eigenvalue weighted by atomic mass is 15.1. The van der Waals surface area contributed by atoms with Crippen molar-refractivity contribution in [1.29, 1.82) is 5.26 Å². The molecule has 1 aliphatic heterocycles. The molecule has 18 heavy (non-hydrogen) atoms. The summed E-state index contributed by atoms with van der Waals surface area (Å²) in [4.78, 5) is 2.59. The molecule has 0 spiro atoms. The van der Waals surface area contributed by atoms with Crippen molar-refractivity contribution < 1.29 is 0 Å². The average molecular weight is 249 g/mol. The molecule has 1 aliphatic carbocycles. The molecule has 0 aromatic heterocycles. The molecule has 2 rings (SSSR count). The van der Waals surface area contributed by atoms with Crippen LogP contribution < -0.4 is 5.73 Å². The SMILES string of the molecule is CCC1CCCN(CCC2CCCC2(N)C#N)C1. The van der Waals surface area contributed by atoms with Crippen LogP contribution in [0.4, 0.5) is 0 Å². The summed E-state index contributed by atoms with van der Waals surface area (Å²) in [6.07, 6.45) is 8.33. The normalized spacial score (nSPS) is 37.6. The lowest BCUT2D eigenvalue weighted by Gasteiger charge is -2.34. The van der Waals surface area contributed by atoms with Crippen molar-refractivity contribution in [3.63, 3.8) is 0 Å². The number of rotatable bonds is 4. The van der Waals surface area contributed by atoms with Crippen molar-refractivity contribution in [3.05, 3.63) is 0 Å². The van der Waals surface area contributed by atoms with Crippen molar-refractivity contribution in [2.24, 2.45) is 17.6 Å². The maximum atomic E-state index is 9.22. The second kappa shape index (κ2) is 6.04. The number of nitriles is 1. The van der Waals surface area contributed by atoms with Crippen molar-refractivity contribution >= 4 is 0 Å². The summed E-state index contributed by atoms with van der Waals surface area (Å²) in [7, 11) is 0. The number of hydrogen-bond acceptors (Lipinski definition) is 3. The molecule has 2 N–H and O–H groups in total. The first-order valence-corrected chi connectivity index (χ1v) is 7.60. The molecule has 0 radical (unpaired) electrons. The minimum Gasteiger partial charge on any atom is -0.313 e. The first kappa shape index (κ1) is 13.8. The van der Waals surface area contributed by atoms with Gasteiger partial charge in [0, 0.05) is 6.54 Å². The molecule has 0 aromatic rings. The Bertz CT molecular complexity index is 309. The highest BCUT2D eigenvalue weighted by Crippen LogP contribution is 2.35. The van der Waals surface area contributed by atoms with E-state index in [-0.39, 0.29) is 0 Å². The third-order valence-corrected chi connectivity index (χ3v) is 5.05. The fourth-order valence-corrected chi connectivity index (χ4v) is 3.68. The molecular formula is C15H27N3. The molecule has 1 saturated carbocycles. The van der Waals surface area contributed by atoms with E-state index in [9.17, 15) is 5.26 Å². The fourth-order valence-electron chi connectivity index (χ4n) is 3.68. The van der Waals surface area contributed by atoms with Gasteiger partial charge in [0.2, 0.25) is 0 Å². The van der Waals surface area contributed by atoms with E-state index in [0.717, 1.165) is 38.1 Å². The zero-order valence-electron chi connectivity index (χ0n) is 11.7. The van der Waals surface area contributed by atoms with Crippen LogP contribution >= 0.6 is 0 Å². The predicted molar refractivity (Wildman–Crippen MR) is 73.9 cm³/mol. The van der Waals surface area contributed by atoms with Gasteiger partial charge in [0.05, 0.1) is 6.07 Å². The lowest BCUT2D eigenvalue weighted by atomic mass is 9.86. The molecule has 3 nitrogen and oxygen atoms in total. The summed E-state index contributed by atoms with van der Waals surface area (Å²) in [5.74, 6) is 1.31. The number of nitrogens with zero attached hydrogens (tertiary/aromatic N) is 2. The Morgan fingerprint density at radius 2 is 2.22 bits per heavy atom. The van der Waals surface area contributed by atoms with Crippen LogP contribution in [0.2, 0.25) is 0 Å². The van der Waals surface area contributed by atoms with E-state index in [0.29, 0.717) is 5.92 Å². The largest absolute Gasteiger partial charge is 0.313 e. The lowest BCUT2D eigenvalue weighted by molar-refractivity contribution is 0.157. The molecule has 3 atom stereocenters. The van der Waals surface area contributed by atoms with Gasteiger partial charge in [-0.2, -0.15) is 5.26 Å². The fraction of sp³-hybridized carbons (Fsp3) is 0.933. The summed E-state index contributed by atoms with van der Waals surface area (Å²) in [6, 6.07) is 2.36. The molecule has 2 fully saturated rings. The van der Waals surface area contributed by atoms with Crippen LogP contribution in [0.5, 0.6) is 0 Å². The molecule has 2 aliphatic rings. The van der Waals surface area contributed by atoms with Gasteiger partial charge in [-0.1, -0.05) is 19.8 Å².